The summed E-state index contributed by atoms with van der Waals surface area (Å²) < 4.78 is 4.65. The zero-order chi connectivity index (χ0) is 6.53. The predicted octanol–water partition coefficient (Wildman–Crippen LogP) is 0.410. The molecule has 0 spiro atoms. The lowest BCUT2D eigenvalue weighted by Crippen LogP contribution is -1.95. The Kier molecular flexibility index (Phi) is 2.04. The van der Waals surface area contributed by atoms with Crippen LogP contribution in [-0.2, 0) is 0 Å². The number of ether oxygens (including phenoxy) is 1. The van der Waals surface area contributed by atoms with Crippen molar-refractivity contribution in [1.82, 2.24) is 4.98 Å². The molecule has 0 saturated heterocycles. The van der Waals surface area contributed by atoms with Crippen LogP contribution in [0.25, 0.3) is 0 Å². The minimum absolute atomic E-state index is 0.322. The van der Waals surface area contributed by atoms with E-state index in [0.717, 1.165) is 0 Å². The highest BCUT2D eigenvalue weighted by molar-refractivity contribution is 5.08. The molecule has 0 unspecified atom stereocenters. The molecule has 0 aromatic carbocycles. The third-order valence-corrected chi connectivity index (χ3v) is 0.850. The van der Waals surface area contributed by atoms with E-state index in [-0.39, 0.29) is 6.79 Å². The molecule has 1 N–H and O–H groups in total. The lowest BCUT2D eigenvalue weighted by atomic mass is 10.5. The number of pyridine rings is 1. The Morgan fingerprint density at radius 1 is 1.56 bits per heavy atom. The van der Waals surface area contributed by atoms with Crippen LogP contribution in [0.4, 0.5) is 0 Å². The van der Waals surface area contributed by atoms with Gasteiger partial charge in [0.05, 0.1) is 0 Å². The van der Waals surface area contributed by atoms with Crippen LogP contribution in [-0.4, -0.2) is 16.9 Å². The summed E-state index contributed by atoms with van der Waals surface area (Å²) in [7, 11) is 0. The highest BCUT2D eigenvalue weighted by Gasteiger charge is 1.86. The molecule has 3 nitrogen and oxygen atoms in total. The molecular formula is C6H7NO2. The number of nitrogens with zero attached hydrogens (tertiary/aromatic N) is 1. The SMILES string of the molecule is OCOc1ccccn1. The molecule has 0 aliphatic rings. The molecule has 0 saturated carbocycles. The Morgan fingerprint density at radius 3 is 3.00 bits per heavy atom. The van der Waals surface area contributed by atoms with Crippen molar-refractivity contribution in [3.63, 3.8) is 0 Å². The first-order valence-electron chi connectivity index (χ1n) is 2.58. The number of aromatic nitrogens is 1. The summed E-state index contributed by atoms with van der Waals surface area (Å²) in [5.41, 5.74) is 0. The van der Waals surface area contributed by atoms with Gasteiger partial charge >= 0.3 is 0 Å². The molecule has 0 fully saturated rings. The minimum Gasteiger partial charge on any atom is -0.451 e. The van der Waals surface area contributed by atoms with Gasteiger partial charge in [0, 0.05) is 12.3 Å². The molecule has 1 aromatic heterocycles. The summed E-state index contributed by atoms with van der Waals surface area (Å²) in [6, 6.07) is 5.25. The number of hydrogen-bond acceptors (Lipinski definition) is 3. The standard InChI is InChI=1S/C6H7NO2/c8-5-9-6-3-1-2-4-7-6/h1-4,8H,5H2. The Bertz CT molecular complexity index is 164. The Morgan fingerprint density at radius 2 is 2.44 bits per heavy atom. The second-order valence-corrected chi connectivity index (χ2v) is 1.44. The summed E-state index contributed by atoms with van der Waals surface area (Å²) in [6.45, 7) is -0.322. The van der Waals surface area contributed by atoms with Gasteiger partial charge in [0.25, 0.3) is 0 Å². The Hall–Kier alpha value is -1.09. The number of aliphatic hydroxyl groups excluding tert-OH is 1. The van der Waals surface area contributed by atoms with E-state index in [0.29, 0.717) is 5.88 Å². The number of aliphatic hydroxyl groups is 1. The maximum atomic E-state index is 8.26. The van der Waals surface area contributed by atoms with E-state index in [9.17, 15) is 0 Å². The average molecular weight is 125 g/mol. The van der Waals surface area contributed by atoms with Gasteiger partial charge in [-0.2, -0.15) is 0 Å². The van der Waals surface area contributed by atoms with E-state index >= 15 is 0 Å². The fourth-order valence-corrected chi connectivity index (χ4v) is 0.499. The fourth-order valence-electron chi connectivity index (χ4n) is 0.499. The van der Waals surface area contributed by atoms with Crippen molar-refractivity contribution in [2.75, 3.05) is 6.79 Å². The van der Waals surface area contributed by atoms with Crippen molar-refractivity contribution in [2.45, 2.75) is 0 Å². The van der Waals surface area contributed by atoms with Crippen molar-refractivity contribution in [3.05, 3.63) is 24.4 Å². The molecule has 9 heavy (non-hydrogen) atoms. The van der Waals surface area contributed by atoms with E-state index in [2.05, 4.69) is 9.72 Å². The van der Waals surface area contributed by atoms with Gasteiger partial charge in [-0.25, -0.2) is 4.98 Å². The zero-order valence-electron chi connectivity index (χ0n) is 4.82. The Balaban J connectivity index is 2.61. The highest BCUT2D eigenvalue weighted by atomic mass is 16.6. The van der Waals surface area contributed by atoms with E-state index in [1.54, 1.807) is 24.4 Å². The quantitative estimate of drug-likeness (QED) is 0.582. The van der Waals surface area contributed by atoms with E-state index < -0.39 is 0 Å². The second-order valence-electron chi connectivity index (χ2n) is 1.44. The average Bonchev–Trinajstić information content (AvgIpc) is 1.91. The van der Waals surface area contributed by atoms with Crippen LogP contribution in [0, 0.1) is 0 Å². The van der Waals surface area contributed by atoms with Gasteiger partial charge in [-0.1, -0.05) is 6.07 Å². The van der Waals surface area contributed by atoms with Crippen molar-refractivity contribution in [2.24, 2.45) is 0 Å². The maximum absolute atomic E-state index is 8.26. The topological polar surface area (TPSA) is 42.4 Å². The van der Waals surface area contributed by atoms with Gasteiger partial charge in [-0.15, -0.1) is 0 Å². The summed E-state index contributed by atoms with van der Waals surface area (Å²) in [5, 5.41) is 8.26. The van der Waals surface area contributed by atoms with E-state index in [1.165, 1.54) is 0 Å². The largest absolute Gasteiger partial charge is 0.451 e. The van der Waals surface area contributed by atoms with Crippen molar-refractivity contribution in [3.8, 4) is 5.88 Å². The van der Waals surface area contributed by atoms with Gasteiger partial charge in [-0.05, 0) is 6.07 Å². The first-order valence-corrected chi connectivity index (χ1v) is 2.58. The second kappa shape index (κ2) is 3.04. The number of rotatable bonds is 2. The molecule has 0 aliphatic heterocycles. The zero-order valence-corrected chi connectivity index (χ0v) is 4.82. The molecule has 0 radical (unpaired) electrons. The lowest BCUT2D eigenvalue weighted by molar-refractivity contribution is 0.0941. The molecule has 0 amide bonds. The number of hydrogen-bond donors (Lipinski definition) is 1. The van der Waals surface area contributed by atoms with Crippen LogP contribution in [0.5, 0.6) is 5.88 Å². The summed E-state index contributed by atoms with van der Waals surface area (Å²) in [6.07, 6.45) is 1.60. The highest BCUT2D eigenvalue weighted by Crippen LogP contribution is 2.00. The molecule has 0 bridgehead atoms. The monoisotopic (exact) mass is 125 g/mol. The smallest absolute Gasteiger partial charge is 0.215 e. The molecule has 1 heterocycles. The third kappa shape index (κ3) is 1.70. The summed E-state index contributed by atoms with van der Waals surface area (Å²) >= 11 is 0. The summed E-state index contributed by atoms with van der Waals surface area (Å²) in [5.74, 6) is 0.444. The normalized spacial score (nSPS) is 9.00. The molecule has 0 atom stereocenters. The molecule has 1 aromatic rings. The van der Waals surface area contributed by atoms with Crippen molar-refractivity contribution in [1.29, 1.82) is 0 Å². The minimum atomic E-state index is -0.322. The van der Waals surface area contributed by atoms with Crippen LogP contribution in [0.1, 0.15) is 0 Å². The maximum Gasteiger partial charge on any atom is 0.215 e. The molecular weight excluding hydrogens is 118 g/mol. The van der Waals surface area contributed by atoms with E-state index in [1.807, 2.05) is 0 Å². The predicted molar refractivity (Wildman–Crippen MR) is 32.0 cm³/mol. The molecule has 1 rings (SSSR count). The Labute approximate surface area is 52.9 Å². The summed E-state index contributed by atoms with van der Waals surface area (Å²) in [4.78, 5) is 3.79. The van der Waals surface area contributed by atoms with Crippen LogP contribution in [0.15, 0.2) is 24.4 Å². The van der Waals surface area contributed by atoms with Crippen molar-refractivity contribution < 1.29 is 9.84 Å². The van der Waals surface area contributed by atoms with Gasteiger partial charge in [0.2, 0.25) is 5.88 Å². The van der Waals surface area contributed by atoms with Crippen molar-refractivity contribution >= 4 is 0 Å². The van der Waals surface area contributed by atoms with Crippen LogP contribution in [0.3, 0.4) is 0 Å². The van der Waals surface area contributed by atoms with Gasteiger partial charge in [-0.3, -0.25) is 0 Å². The van der Waals surface area contributed by atoms with E-state index in [4.69, 9.17) is 5.11 Å². The van der Waals surface area contributed by atoms with Gasteiger partial charge in [0.1, 0.15) is 0 Å². The van der Waals surface area contributed by atoms with Gasteiger partial charge < -0.3 is 9.84 Å². The van der Waals surface area contributed by atoms with Gasteiger partial charge in [0.15, 0.2) is 6.79 Å². The first-order chi connectivity index (χ1) is 4.43. The van der Waals surface area contributed by atoms with Crippen LogP contribution >= 0.6 is 0 Å². The third-order valence-electron chi connectivity index (χ3n) is 0.850. The lowest BCUT2D eigenvalue weighted by Gasteiger charge is -1.96. The first kappa shape index (κ1) is 6.04. The fraction of sp³-hybridized carbons (Fsp3) is 0.167. The molecule has 0 aliphatic carbocycles. The van der Waals surface area contributed by atoms with Crippen LogP contribution in [0.2, 0.25) is 0 Å². The van der Waals surface area contributed by atoms with Crippen LogP contribution < -0.4 is 4.74 Å². The molecule has 48 valence electrons. The molecule has 3 heteroatoms.